The number of aromatic nitrogens is 4. The van der Waals surface area contributed by atoms with Gasteiger partial charge in [0.15, 0.2) is 0 Å². The Labute approximate surface area is 290 Å². The van der Waals surface area contributed by atoms with Gasteiger partial charge in [0.2, 0.25) is 11.8 Å². The number of rotatable bonds is 7. The monoisotopic (exact) mass is 685 g/mol. The second-order valence-electron chi connectivity index (χ2n) is 14.4. The number of ether oxygens (including phenoxy) is 1. The minimum absolute atomic E-state index is 0.0865. The molecule has 4 bridgehead atoms. The number of hydrogen-bond acceptors (Lipinski definition) is 9. The summed E-state index contributed by atoms with van der Waals surface area (Å²) in [5.41, 5.74) is 4.24. The van der Waals surface area contributed by atoms with Crippen molar-refractivity contribution < 1.29 is 17.9 Å². The summed E-state index contributed by atoms with van der Waals surface area (Å²) in [4.78, 5) is 36.7. The van der Waals surface area contributed by atoms with Gasteiger partial charge in [-0.1, -0.05) is 45.0 Å². The smallest absolute Gasteiger partial charge is 0.264 e. The Morgan fingerprint density at radius 1 is 0.959 bits per heavy atom. The van der Waals surface area contributed by atoms with Crippen molar-refractivity contribution >= 4 is 27.6 Å². The van der Waals surface area contributed by atoms with E-state index in [9.17, 15) is 13.2 Å². The topological polar surface area (TPSA) is 131 Å². The van der Waals surface area contributed by atoms with Gasteiger partial charge < -0.3 is 14.5 Å². The largest absolute Gasteiger partial charge is 0.475 e. The third-order valence-electron chi connectivity index (χ3n) is 8.44. The molecular formula is C37H47N7O4S. The van der Waals surface area contributed by atoms with Crippen molar-refractivity contribution in [2.45, 2.75) is 98.3 Å². The van der Waals surface area contributed by atoms with Gasteiger partial charge in [0, 0.05) is 29.3 Å². The maximum Gasteiger partial charge on any atom is 0.264 e. The summed E-state index contributed by atoms with van der Waals surface area (Å²) < 4.78 is 36.3. The highest BCUT2D eigenvalue weighted by molar-refractivity contribution is 7.92. The normalized spacial score (nSPS) is 16.3. The zero-order valence-corrected chi connectivity index (χ0v) is 30.7. The molecule has 49 heavy (non-hydrogen) atoms. The third kappa shape index (κ3) is 8.36. The van der Waals surface area contributed by atoms with Crippen molar-refractivity contribution in [2.75, 3.05) is 16.2 Å². The predicted octanol–water partition coefficient (Wildman–Crippen LogP) is 6.81. The third-order valence-corrected chi connectivity index (χ3v) is 9.77. The lowest BCUT2D eigenvalue weighted by Gasteiger charge is -2.35. The number of aryl methyl sites for hydroxylation is 2. The average molecular weight is 686 g/mol. The number of nitrogens with zero attached hydrogens (tertiary/aromatic N) is 6. The Bertz CT molecular complexity index is 1890. The molecule has 1 N–H and O–H groups in total. The highest BCUT2D eigenvalue weighted by Crippen LogP contribution is 2.32. The Morgan fingerprint density at radius 3 is 2.20 bits per heavy atom. The summed E-state index contributed by atoms with van der Waals surface area (Å²) in [6, 6.07) is 13.7. The first-order valence-electron chi connectivity index (χ1n) is 16.6. The van der Waals surface area contributed by atoms with Crippen LogP contribution in [0.2, 0.25) is 0 Å². The van der Waals surface area contributed by atoms with Gasteiger partial charge >= 0.3 is 0 Å². The highest BCUT2D eigenvalue weighted by Gasteiger charge is 2.32. The molecule has 1 aliphatic heterocycles. The lowest BCUT2D eigenvalue weighted by molar-refractivity contribution is 0.0505. The molecule has 0 radical (unpaired) electrons. The Kier molecular flexibility index (Phi) is 10.3. The number of hydrogen-bond donors (Lipinski definition) is 1. The molecule has 4 aromatic rings. The van der Waals surface area contributed by atoms with E-state index in [1.807, 2.05) is 32.0 Å². The highest BCUT2D eigenvalue weighted by atomic mass is 32.2. The lowest BCUT2D eigenvalue weighted by atomic mass is 9.87. The van der Waals surface area contributed by atoms with Crippen LogP contribution in [0.4, 0.5) is 11.6 Å². The van der Waals surface area contributed by atoms with Crippen LogP contribution in [-0.2, 0) is 16.6 Å². The zero-order valence-electron chi connectivity index (χ0n) is 29.9. The molecule has 12 heteroatoms. The van der Waals surface area contributed by atoms with Crippen LogP contribution in [0.1, 0.15) is 82.2 Å². The molecule has 1 amide bonds. The van der Waals surface area contributed by atoms with Crippen molar-refractivity contribution in [2.24, 2.45) is 5.41 Å². The number of amides is 1. The van der Waals surface area contributed by atoms with Gasteiger partial charge in [-0.15, -0.1) is 0 Å². The van der Waals surface area contributed by atoms with E-state index in [0.29, 0.717) is 17.9 Å². The van der Waals surface area contributed by atoms with Crippen molar-refractivity contribution in [3.8, 4) is 17.1 Å². The second-order valence-corrected chi connectivity index (χ2v) is 16.1. The molecule has 2 aromatic heterocycles. The van der Waals surface area contributed by atoms with Crippen LogP contribution in [-0.4, -0.2) is 63.9 Å². The molecule has 0 spiro atoms. The first-order valence-corrected chi connectivity index (χ1v) is 18.1. The molecule has 3 heterocycles. The van der Waals surface area contributed by atoms with Gasteiger partial charge in [0.25, 0.3) is 15.9 Å². The average Bonchev–Trinajstić information content (AvgIpc) is 3.01. The van der Waals surface area contributed by atoms with Gasteiger partial charge in [-0.05, 0) is 82.7 Å². The van der Waals surface area contributed by atoms with E-state index in [0.717, 1.165) is 22.4 Å². The van der Waals surface area contributed by atoms with Crippen LogP contribution in [0, 0.1) is 19.3 Å². The van der Waals surface area contributed by atoms with Crippen LogP contribution < -0.4 is 14.4 Å². The molecule has 0 saturated carbocycles. The molecular weight excluding hydrogens is 639 g/mol. The molecule has 0 aliphatic carbocycles. The number of fused-ring (bicyclic) bond motifs is 4. The Hall–Kier alpha value is -4.58. The lowest BCUT2D eigenvalue weighted by Crippen LogP contribution is -2.45. The van der Waals surface area contributed by atoms with Gasteiger partial charge in [-0.2, -0.15) is 4.98 Å². The van der Waals surface area contributed by atoms with E-state index in [1.54, 1.807) is 35.5 Å². The van der Waals surface area contributed by atoms with Crippen LogP contribution >= 0.6 is 0 Å². The van der Waals surface area contributed by atoms with Gasteiger partial charge in [0.1, 0.15) is 12.4 Å². The fourth-order valence-electron chi connectivity index (χ4n) is 6.45. The number of nitrogens with one attached hydrogen (secondary N) is 1. The summed E-state index contributed by atoms with van der Waals surface area (Å²) in [5, 5.41) is 0. The van der Waals surface area contributed by atoms with E-state index in [4.69, 9.17) is 14.7 Å². The minimum Gasteiger partial charge on any atom is -0.475 e. The van der Waals surface area contributed by atoms with Crippen molar-refractivity contribution in [3.63, 3.8) is 0 Å². The van der Waals surface area contributed by atoms with E-state index >= 15 is 0 Å². The van der Waals surface area contributed by atoms with E-state index < -0.39 is 16.1 Å². The molecule has 11 nitrogen and oxygen atoms in total. The molecule has 1 atom stereocenters. The van der Waals surface area contributed by atoms with Crippen LogP contribution in [0.25, 0.3) is 11.3 Å². The van der Waals surface area contributed by atoms with Crippen LogP contribution in [0.15, 0.2) is 65.8 Å². The summed E-state index contributed by atoms with van der Waals surface area (Å²) in [5.74, 6) is 0.160. The first kappa shape index (κ1) is 35.7. The van der Waals surface area contributed by atoms with Gasteiger partial charge in [0.05, 0.1) is 41.3 Å². The number of carbonyl (C=O) groups excluding carboxylic acids is 1. The fraction of sp³-hybridized carbons (Fsp3) is 0.432. The number of carbonyl (C=O) groups is 1. The fourth-order valence-corrected chi connectivity index (χ4v) is 7.44. The first-order chi connectivity index (χ1) is 23.0. The van der Waals surface area contributed by atoms with E-state index in [2.05, 4.69) is 68.1 Å². The summed E-state index contributed by atoms with van der Waals surface area (Å²) in [7, 11) is -4.18. The standard InChI is InChI=1S/C37H47N7O4S/c1-23(2)44(24(3)4)29-19-38-32(39-20-29)21-43-28(18-37(7,8)9)22-48-33-17-31(34-25(5)12-10-13-26(34)6)40-36(41-33)42-49(46,47)30-15-11-14-27(16-30)35(43)45/h10-17,19-20,23-24,28H,18,21-22H2,1-9H3,(H,40,41,42)/t28-/m1/s1. The van der Waals surface area contributed by atoms with E-state index in [-0.39, 0.29) is 58.8 Å². The minimum atomic E-state index is -4.18. The summed E-state index contributed by atoms with van der Waals surface area (Å²) in [6.07, 6.45) is 4.15. The number of benzene rings is 2. The number of sulfonamides is 1. The van der Waals surface area contributed by atoms with Crippen molar-refractivity contribution in [3.05, 3.63) is 83.4 Å². The molecule has 1 aliphatic rings. The van der Waals surface area contributed by atoms with Crippen molar-refractivity contribution in [1.82, 2.24) is 24.8 Å². The zero-order chi connectivity index (χ0) is 35.7. The SMILES string of the molecule is Cc1cccc(C)c1-c1cc2nc(n1)NS(=O)(=O)c1cccc(c1)C(=O)N(Cc1ncc(N(C(C)C)C(C)C)cn1)[C@H](CC(C)(C)C)CO2. The maximum atomic E-state index is 14.4. The summed E-state index contributed by atoms with van der Waals surface area (Å²) in [6.45, 7) is 18.9. The molecule has 2 aromatic carbocycles. The Morgan fingerprint density at radius 2 is 1.59 bits per heavy atom. The van der Waals surface area contributed by atoms with Crippen LogP contribution in [0.5, 0.6) is 5.88 Å². The molecule has 260 valence electrons. The second kappa shape index (κ2) is 14.1. The quantitative estimate of drug-likeness (QED) is 0.223. The summed E-state index contributed by atoms with van der Waals surface area (Å²) >= 11 is 0. The molecule has 0 saturated heterocycles. The van der Waals surface area contributed by atoms with Crippen LogP contribution in [0.3, 0.4) is 0 Å². The Balaban J connectivity index is 1.63. The van der Waals surface area contributed by atoms with Gasteiger partial charge in [-0.25, -0.2) is 28.1 Å². The van der Waals surface area contributed by atoms with E-state index in [1.165, 1.54) is 12.1 Å². The molecule has 0 fully saturated rings. The van der Waals surface area contributed by atoms with Gasteiger partial charge in [-0.3, -0.25) is 4.79 Å². The maximum absolute atomic E-state index is 14.4. The predicted molar refractivity (Wildman–Crippen MR) is 192 cm³/mol. The molecule has 5 rings (SSSR count). The number of anilines is 2. The van der Waals surface area contributed by atoms with Crippen molar-refractivity contribution in [1.29, 1.82) is 0 Å². The molecule has 0 unspecified atom stereocenters.